The Morgan fingerprint density at radius 1 is 1.06 bits per heavy atom. The molecule has 5 rings (SSSR count). The van der Waals surface area contributed by atoms with Crippen LogP contribution in [0.4, 0.5) is 0 Å². The second kappa shape index (κ2) is 10.2. The van der Waals surface area contributed by atoms with Gasteiger partial charge in [-0.1, -0.05) is 0 Å². The summed E-state index contributed by atoms with van der Waals surface area (Å²) in [5.41, 5.74) is 2.12. The maximum absolute atomic E-state index is 12.6. The Bertz CT molecular complexity index is 1170. The first kappa shape index (κ1) is 22.3. The van der Waals surface area contributed by atoms with E-state index in [1.807, 2.05) is 35.0 Å². The third-order valence-corrected chi connectivity index (χ3v) is 10.1. The molecule has 0 aliphatic carbocycles. The zero-order valence-corrected chi connectivity index (χ0v) is 21.1. The monoisotopic (exact) mass is 511 g/mol. The Morgan fingerprint density at radius 2 is 1.85 bits per heavy atom. The average molecular weight is 511 g/mol. The zero-order valence-electron chi connectivity index (χ0n) is 19.0. The van der Waals surface area contributed by atoms with Crippen molar-refractivity contribution < 1.29 is 14.2 Å². The third-order valence-electron chi connectivity index (χ3n) is 6.49. The van der Waals surface area contributed by atoms with Gasteiger partial charge in [0.1, 0.15) is 0 Å². The number of hydrogen-bond acceptors (Lipinski definition) is 6. The number of pyridine rings is 2. The summed E-state index contributed by atoms with van der Waals surface area (Å²) in [7, 11) is 1.66. The first-order valence-electron chi connectivity index (χ1n) is 11.6. The van der Waals surface area contributed by atoms with Crippen LogP contribution in [-0.2, 0) is 11.8 Å². The summed E-state index contributed by atoms with van der Waals surface area (Å²) in [6, 6.07) is 11.5. The number of ether oxygens (including phenoxy) is 3. The molecule has 2 aliphatic heterocycles. The van der Waals surface area contributed by atoms with E-state index in [0.29, 0.717) is 19.8 Å². The van der Waals surface area contributed by atoms with Crippen molar-refractivity contribution in [1.82, 2.24) is 14.5 Å². The van der Waals surface area contributed by atoms with Gasteiger partial charge in [0, 0.05) is 0 Å². The fourth-order valence-corrected chi connectivity index (χ4v) is 7.41. The molecule has 1 aromatic carbocycles. The molecule has 1 fully saturated rings. The number of likely N-dealkylation sites (tertiary alicyclic amines) is 1. The fourth-order valence-electron chi connectivity index (χ4n) is 4.56. The van der Waals surface area contributed by atoms with E-state index >= 15 is 0 Å². The molecule has 7 nitrogen and oxygen atoms in total. The molecule has 1 unspecified atom stereocenters. The topological polar surface area (TPSA) is 65.8 Å². The van der Waals surface area contributed by atoms with Crippen molar-refractivity contribution in [2.75, 3.05) is 40.0 Å². The molecule has 8 heteroatoms. The van der Waals surface area contributed by atoms with Gasteiger partial charge in [-0.3, -0.25) is 0 Å². The molecule has 4 heterocycles. The molecule has 1 atom stereocenters. The van der Waals surface area contributed by atoms with Gasteiger partial charge in [-0.15, -0.1) is 0 Å². The molecule has 3 aromatic rings. The Hall–Kier alpha value is -2.50. The van der Waals surface area contributed by atoms with Crippen molar-refractivity contribution in [3.63, 3.8) is 0 Å². The summed E-state index contributed by atoms with van der Waals surface area (Å²) in [4.78, 5) is 19.6. The summed E-state index contributed by atoms with van der Waals surface area (Å²) in [6.07, 6.45) is 4.29. The van der Waals surface area contributed by atoms with Crippen LogP contribution in [0, 0.1) is 0 Å². The Morgan fingerprint density at radius 3 is 2.67 bits per heavy atom. The summed E-state index contributed by atoms with van der Waals surface area (Å²) >= 11 is -0.102. The molecular weight excluding hydrogens is 481 g/mol. The van der Waals surface area contributed by atoms with Crippen LogP contribution in [0.25, 0.3) is 10.9 Å². The second-order valence-corrected chi connectivity index (χ2v) is 11.9. The molecular formula is C25H30AsN3O4. The Labute approximate surface area is 200 Å². The number of rotatable bonds is 7. The molecule has 0 N–H and O–H groups in total. The van der Waals surface area contributed by atoms with E-state index < -0.39 is 0 Å². The quantitative estimate of drug-likeness (QED) is 0.455. The summed E-state index contributed by atoms with van der Waals surface area (Å²) in [5, 5.41) is 2.15. The van der Waals surface area contributed by atoms with Crippen molar-refractivity contribution in [2.45, 2.75) is 29.3 Å². The van der Waals surface area contributed by atoms with Crippen molar-refractivity contribution in [1.29, 1.82) is 0 Å². The summed E-state index contributed by atoms with van der Waals surface area (Å²) in [6.45, 7) is 5.02. The number of aromatic nitrogens is 2. The van der Waals surface area contributed by atoms with Crippen LogP contribution >= 0.6 is 0 Å². The predicted octanol–water partition coefficient (Wildman–Crippen LogP) is 2.70. The molecule has 1 saturated heterocycles. The van der Waals surface area contributed by atoms with Gasteiger partial charge in [0.05, 0.1) is 0 Å². The molecule has 0 saturated carbocycles. The van der Waals surface area contributed by atoms with Gasteiger partial charge in [-0.2, -0.15) is 0 Å². The van der Waals surface area contributed by atoms with Crippen LogP contribution in [0.1, 0.15) is 18.5 Å². The van der Waals surface area contributed by atoms with Gasteiger partial charge >= 0.3 is 200 Å². The van der Waals surface area contributed by atoms with E-state index in [1.54, 1.807) is 13.2 Å². The second-order valence-electron chi connectivity index (χ2n) is 8.56. The molecule has 0 radical (unpaired) electrons. The van der Waals surface area contributed by atoms with E-state index in [-0.39, 0.29) is 21.3 Å². The normalized spacial score (nSPS) is 17.1. The van der Waals surface area contributed by atoms with E-state index in [1.165, 1.54) is 12.8 Å². The maximum atomic E-state index is 12.6. The number of benzene rings is 1. The van der Waals surface area contributed by atoms with Crippen LogP contribution in [-0.4, -0.2) is 70.2 Å². The van der Waals surface area contributed by atoms with Gasteiger partial charge in [0.25, 0.3) is 0 Å². The number of nitrogens with zero attached hydrogens (tertiary/aromatic N) is 3. The van der Waals surface area contributed by atoms with E-state index in [4.69, 9.17) is 14.2 Å². The van der Waals surface area contributed by atoms with Crippen LogP contribution in [0.3, 0.4) is 0 Å². The molecule has 0 bridgehead atoms. The van der Waals surface area contributed by atoms with E-state index in [2.05, 4.69) is 16.0 Å². The Kier molecular flexibility index (Phi) is 6.88. The number of methoxy groups -OCH3 is 1. The molecule has 2 aromatic heterocycles. The van der Waals surface area contributed by atoms with Gasteiger partial charge in [0.15, 0.2) is 0 Å². The standard InChI is InChI=1S/C25H30AsN3O4/c1-31-21-4-2-18-3-5-25(30)29(22(18)15-21)11-10-28-8-6-19(7-9-28)26-16-20-14-23-24(17-27-20)33-13-12-32-23/h2-5,14-15,17,19,26H,6-13,16H2,1H3. The number of hydrogen-bond donors (Lipinski definition) is 0. The zero-order chi connectivity index (χ0) is 22.6. The van der Waals surface area contributed by atoms with Crippen LogP contribution < -0.4 is 19.8 Å². The average Bonchev–Trinajstić information content (AvgIpc) is 2.87. The summed E-state index contributed by atoms with van der Waals surface area (Å²) in [5.74, 6) is 2.38. The first-order chi connectivity index (χ1) is 16.2. The van der Waals surface area contributed by atoms with Crippen LogP contribution in [0.2, 0.25) is 4.71 Å². The van der Waals surface area contributed by atoms with Crippen molar-refractivity contribution in [2.24, 2.45) is 0 Å². The molecule has 174 valence electrons. The van der Waals surface area contributed by atoms with Gasteiger partial charge in [-0.25, -0.2) is 0 Å². The van der Waals surface area contributed by atoms with Crippen molar-refractivity contribution >= 4 is 26.7 Å². The molecule has 33 heavy (non-hydrogen) atoms. The van der Waals surface area contributed by atoms with E-state index in [0.717, 1.165) is 63.4 Å². The van der Waals surface area contributed by atoms with Gasteiger partial charge in [0.2, 0.25) is 0 Å². The van der Waals surface area contributed by atoms with Crippen molar-refractivity contribution in [3.8, 4) is 17.2 Å². The van der Waals surface area contributed by atoms with Crippen LogP contribution in [0.15, 0.2) is 47.4 Å². The van der Waals surface area contributed by atoms with Gasteiger partial charge in [-0.05, 0) is 0 Å². The molecule has 2 aliphatic rings. The summed E-state index contributed by atoms with van der Waals surface area (Å²) < 4.78 is 19.3. The minimum absolute atomic E-state index is 0.0456. The van der Waals surface area contributed by atoms with Crippen LogP contribution in [0.5, 0.6) is 17.2 Å². The Balaban J connectivity index is 1.13. The first-order valence-corrected chi connectivity index (χ1v) is 14.3. The number of piperidine rings is 1. The third kappa shape index (κ3) is 5.20. The van der Waals surface area contributed by atoms with Gasteiger partial charge < -0.3 is 0 Å². The minimum atomic E-state index is -0.102. The van der Waals surface area contributed by atoms with E-state index in [9.17, 15) is 4.79 Å². The molecule has 0 spiro atoms. The number of fused-ring (bicyclic) bond motifs is 2. The fraction of sp³-hybridized carbons (Fsp3) is 0.440. The predicted molar refractivity (Wildman–Crippen MR) is 130 cm³/mol. The SMILES string of the molecule is COc1ccc2ccc(=O)n(CCN3CCC([AsH]Cc4cc5c(cn4)OCCO5)CC3)c2c1. The molecule has 0 amide bonds. The van der Waals surface area contributed by atoms with Crippen molar-refractivity contribution in [3.05, 3.63) is 58.6 Å².